The molecule has 7 heteroatoms. The normalized spacial score (nSPS) is 32.0. The highest BCUT2D eigenvalue weighted by molar-refractivity contribution is 9.10. The third-order valence-electron chi connectivity index (χ3n) is 7.57. The first kappa shape index (κ1) is 20.9. The Morgan fingerprint density at radius 1 is 1.16 bits per heavy atom. The van der Waals surface area contributed by atoms with Crippen molar-refractivity contribution in [1.29, 1.82) is 0 Å². The van der Waals surface area contributed by atoms with E-state index in [0.29, 0.717) is 23.3 Å². The SMILES string of the molecule is COc1cc(OC)cc(C(NC(=O)C23CC4CC(CC(Br)(C4)C2)C3)c2nccn2C)c1. The van der Waals surface area contributed by atoms with E-state index < -0.39 is 0 Å². The summed E-state index contributed by atoms with van der Waals surface area (Å²) in [5.74, 6) is 3.63. The van der Waals surface area contributed by atoms with Crippen LogP contribution in [0.2, 0.25) is 0 Å². The van der Waals surface area contributed by atoms with Gasteiger partial charge in [0.15, 0.2) is 0 Å². The van der Waals surface area contributed by atoms with Crippen molar-refractivity contribution in [2.45, 2.75) is 48.9 Å². The number of aromatic nitrogens is 2. The summed E-state index contributed by atoms with van der Waals surface area (Å²) < 4.78 is 13.1. The molecular formula is C24H30BrN3O3. The number of alkyl halides is 1. The first-order valence-electron chi connectivity index (χ1n) is 11.0. The monoisotopic (exact) mass is 487 g/mol. The second kappa shape index (κ2) is 7.54. The van der Waals surface area contributed by atoms with Gasteiger partial charge >= 0.3 is 0 Å². The number of carbonyl (C=O) groups excluding carboxylic acids is 1. The number of hydrogen-bond acceptors (Lipinski definition) is 4. The van der Waals surface area contributed by atoms with Crippen molar-refractivity contribution in [2.75, 3.05) is 14.2 Å². The summed E-state index contributed by atoms with van der Waals surface area (Å²) in [5, 5.41) is 3.40. The number of rotatable bonds is 6. The maximum absolute atomic E-state index is 13.9. The molecule has 6 nitrogen and oxygen atoms in total. The minimum absolute atomic E-state index is 0.131. The van der Waals surface area contributed by atoms with Gasteiger partial charge in [-0.1, -0.05) is 15.9 Å². The average Bonchev–Trinajstić information content (AvgIpc) is 3.15. The largest absolute Gasteiger partial charge is 0.497 e. The molecular weight excluding hydrogens is 458 g/mol. The fourth-order valence-corrected chi connectivity index (χ4v) is 8.10. The highest BCUT2D eigenvalue weighted by atomic mass is 79.9. The first-order chi connectivity index (χ1) is 14.8. The van der Waals surface area contributed by atoms with Crippen LogP contribution in [-0.4, -0.2) is 34.0 Å². The number of nitrogens with zero attached hydrogens (tertiary/aromatic N) is 2. The van der Waals surface area contributed by atoms with Gasteiger partial charge in [0.1, 0.15) is 23.4 Å². The molecule has 166 valence electrons. The third kappa shape index (κ3) is 3.65. The Kier molecular flexibility index (Phi) is 5.07. The highest BCUT2D eigenvalue weighted by Gasteiger charge is 2.60. The molecule has 6 rings (SSSR count). The zero-order valence-corrected chi connectivity index (χ0v) is 19.9. The Bertz CT molecular complexity index is 967. The number of methoxy groups -OCH3 is 2. The Morgan fingerprint density at radius 3 is 2.32 bits per heavy atom. The van der Waals surface area contributed by atoms with Gasteiger partial charge in [0.2, 0.25) is 5.91 Å². The maximum Gasteiger partial charge on any atom is 0.227 e. The van der Waals surface area contributed by atoms with Gasteiger partial charge in [0.05, 0.1) is 19.6 Å². The molecule has 4 aliphatic carbocycles. The maximum atomic E-state index is 13.9. The van der Waals surface area contributed by atoms with Gasteiger partial charge in [-0.15, -0.1) is 0 Å². The zero-order chi connectivity index (χ0) is 21.8. The van der Waals surface area contributed by atoms with Crippen molar-refractivity contribution in [3.8, 4) is 11.5 Å². The summed E-state index contributed by atoms with van der Waals surface area (Å²) in [6.07, 6.45) is 10.3. The van der Waals surface area contributed by atoms with E-state index in [9.17, 15) is 4.79 Å². The van der Waals surface area contributed by atoms with Crippen LogP contribution in [0.4, 0.5) is 0 Å². The van der Waals surface area contributed by atoms with Crippen LogP contribution in [0, 0.1) is 17.3 Å². The molecule has 0 radical (unpaired) electrons. The lowest BCUT2D eigenvalue weighted by Gasteiger charge is -2.59. The highest BCUT2D eigenvalue weighted by Crippen LogP contribution is 2.64. The lowest BCUT2D eigenvalue weighted by molar-refractivity contribution is -0.144. The van der Waals surface area contributed by atoms with Crippen LogP contribution in [0.1, 0.15) is 56.0 Å². The number of aryl methyl sites for hydroxylation is 1. The van der Waals surface area contributed by atoms with Gasteiger partial charge in [-0.3, -0.25) is 4.79 Å². The fraction of sp³-hybridized carbons (Fsp3) is 0.583. The summed E-state index contributed by atoms with van der Waals surface area (Å²) in [5.41, 5.74) is 0.608. The average molecular weight is 488 g/mol. The number of ether oxygens (including phenoxy) is 2. The van der Waals surface area contributed by atoms with Crippen LogP contribution in [0.15, 0.2) is 30.6 Å². The molecule has 0 spiro atoms. The van der Waals surface area contributed by atoms with Crippen LogP contribution in [0.3, 0.4) is 0 Å². The quantitative estimate of drug-likeness (QED) is 0.614. The summed E-state index contributed by atoms with van der Waals surface area (Å²) >= 11 is 4.03. The predicted molar refractivity (Wildman–Crippen MR) is 122 cm³/mol. The van der Waals surface area contributed by atoms with Crippen molar-refractivity contribution >= 4 is 21.8 Å². The molecule has 1 amide bonds. The minimum Gasteiger partial charge on any atom is -0.497 e. The summed E-state index contributed by atoms with van der Waals surface area (Å²) in [6.45, 7) is 0. The van der Waals surface area contributed by atoms with Gasteiger partial charge in [-0.05, 0) is 68.1 Å². The summed E-state index contributed by atoms with van der Waals surface area (Å²) in [4.78, 5) is 18.5. The third-order valence-corrected chi connectivity index (χ3v) is 8.50. The van der Waals surface area contributed by atoms with Crippen molar-refractivity contribution in [3.63, 3.8) is 0 Å². The van der Waals surface area contributed by atoms with E-state index in [-0.39, 0.29) is 21.7 Å². The standard InChI is InChI=1S/C24H30BrN3O3/c1-28-5-4-26-21(28)20(17-7-18(30-2)9-19(8-17)31-3)27-22(29)23-10-15-6-16(11-23)13-24(25,12-15)14-23/h4-5,7-9,15-16,20H,6,10-14H2,1-3H3,(H,27,29). The lowest BCUT2D eigenvalue weighted by Crippen LogP contribution is -2.58. The number of hydrogen-bond donors (Lipinski definition) is 1. The Hall–Kier alpha value is -2.02. The van der Waals surface area contributed by atoms with Crippen molar-refractivity contribution in [2.24, 2.45) is 24.3 Å². The molecule has 4 bridgehead atoms. The van der Waals surface area contributed by atoms with Crippen molar-refractivity contribution < 1.29 is 14.3 Å². The van der Waals surface area contributed by atoms with Crippen molar-refractivity contribution in [1.82, 2.24) is 14.9 Å². The molecule has 4 fully saturated rings. The topological polar surface area (TPSA) is 65.4 Å². The molecule has 2 aromatic rings. The molecule has 1 aromatic carbocycles. The minimum atomic E-state index is -0.379. The number of carbonyl (C=O) groups is 1. The van der Waals surface area contributed by atoms with Crippen LogP contribution in [0.25, 0.3) is 0 Å². The number of nitrogens with one attached hydrogen (secondary N) is 1. The first-order valence-corrected chi connectivity index (χ1v) is 11.8. The molecule has 3 atom stereocenters. The van der Waals surface area contributed by atoms with Gasteiger partial charge in [0, 0.05) is 29.8 Å². The van der Waals surface area contributed by atoms with E-state index in [4.69, 9.17) is 9.47 Å². The molecule has 31 heavy (non-hydrogen) atoms. The molecule has 4 saturated carbocycles. The van der Waals surface area contributed by atoms with E-state index in [2.05, 4.69) is 26.2 Å². The predicted octanol–water partition coefficient (Wildman–Crippen LogP) is 4.38. The van der Waals surface area contributed by atoms with Crippen molar-refractivity contribution in [3.05, 3.63) is 42.0 Å². The van der Waals surface area contributed by atoms with Gasteiger partial charge in [-0.2, -0.15) is 0 Å². The molecule has 3 unspecified atom stereocenters. The summed E-state index contributed by atoms with van der Waals surface area (Å²) in [6, 6.07) is 5.37. The Balaban J connectivity index is 1.50. The molecule has 1 aromatic heterocycles. The summed E-state index contributed by atoms with van der Waals surface area (Å²) in [7, 11) is 5.23. The number of imidazole rings is 1. The van der Waals surface area contributed by atoms with E-state index in [1.54, 1.807) is 20.4 Å². The van der Waals surface area contributed by atoms with Crippen LogP contribution < -0.4 is 14.8 Å². The molecule has 0 aliphatic heterocycles. The zero-order valence-electron chi connectivity index (χ0n) is 18.4. The van der Waals surface area contributed by atoms with Crippen LogP contribution in [0.5, 0.6) is 11.5 Å². The lowest BCUT2D eigenvalue weighted by atomic mass is 9.49. The van der Waals surface area contributed by atoms with E-state index in [1.165, 1.54) is 19.3 Å². The second-order valence-corrected chi connectivity index (χ2v) is 11.5. The Labute approximate surface area is 191 Å². The van der Waals surface area contributed by atoms with Gasteiger partial charge in [-0.25, -0.2) is 4.98 Å². The van der Waals surface area contributed by atoms with Crippen LogP contribution in [-0.2, 0) is 11.8 Å². The molecule has 0 saturated heterocycles. The van der Waals surface area contributed by atoms with E-state index >= 15 is 0 Å². The fourth-order valence-electron chi connectivity index (χ4n) is 6.65. The Morgan fingerprint density at radius 2 is 1.81 bits per heavy atom. The smallest absolute Gasteiger partial charge is 0.227 e. The van der Waals surface area contributed by atoms with Gasteiger partial charge in [0.25, 0.3) is 0 Å². The van der Waals surface area contributed by atoms with Gasteiger partial charge < -0.3 is 19.4 Å². The molecule has 4 aliphatic rings. The van der Waals surface area contributed by atoms with E-state index in [1.807, 2.05) is 36.0 Å². The molecule has 1 heterocycles. The van der Waals surface area contributed by atoms with E-state index in [0.717, 1.165) is 30.7 Å². The number of halogens is 1. The van der Waals surface area contributed by atoms with Crippen LogP contribution >= 0.6 is 15.9 Å². The number of amides is 1. The number of benzene rings is 1. The molecule has 1 N–H and O–H groups in total. The second-order valence-electron chi connectivity index (χ2n) is 9.84.